The second kappa shape index (κ2) is 8.15. The van der Waals surface area contributed by atoms with Gasteiger partial charge in [-0.3, -0.25) is 9.79 Å². The van der Waals surface area contributed by atoms with Gasteiger partial charge in [-0.2, -0.15) is 0 Å². The Bertz CT molecular complexity index is 663. The summed E-state index contributed by atoms with van der Waals surface area (Å²) in [6.07, 6.45) is 2.61. The molecule has 0 spiro atoms. The molecule has 0 radical (unpaired) electrons. The second-order valence-corrected chi connectivity index (χ2v) is 7.23. The summed E-state index contributed by atoms with van der Waals surface area (Å²) in [7, 11) is -1.52. The van der Waals surface area contributed by atoms with Crippen LogP contribution in [0, 0.1) is 0 Å². The molecule has 2 N–H and O–H groups in total. The minimum atomic E-state index is -3.19. The first-order valence-corrected chi connectivity index (χ1v) is 9.53. The van der Waals surface area contributed by atoms with E-state index in [2.05, 4.69) is 15.0 Å². The zero-order valence-corrected chi connectivity index (χ0v) is 14.7. The molecule has 24 heavy (non-hydrogen) atoms. The topological polar surface area (TPSA) is 107 Å². The molecule has 0 bridgehead atoms. The highest BCUT2D eigenvalue weighted by atomic mass is 32.2. The summed E-state index contributed by atoms with van der Waals surface area (Å²) >= 11 is 0. The molecule has 1 aliphatic rings. The predicted octanol–water partition coefficient (Wildman–Crippen LogP) is -0.838. The third-order valence-electron chi connectivity index (χ3n) is 3.58. The number of rotatable bonds is 5. The Hall–Kier alpha value is -2.07. The van der Waals surface area contributed by atoms with Crippen LogP contribution in [-0.2, 0) is 10.0 Å². The molecule has 2 rings (SSSR count). The number of carbonyl (C=O) groups is 1. The van der Waals surface area contributed by atoms with Crippen LogP contribution in [0.15, 0.2) is 27.8 Å². The summed E-state index contributed by atoms with van der Waals surface area (Å²) in [5, 5.41) is 3.11. The molecule has 1 fully saturated rings. The monoisotopic (exact) mass is 357 g/mol. The molecule has 134 valence electrons. The van der Waals surface area contributed by atoms with E-state index in [1.165, 1.54) is 6.26 Å². The van der Waals surface area contributed by atoms with Crippen LogP contribution < -0.4 is 10.0 Å². The average Bonchev–Trinajstić information content (AvgIpc) is 3.08. The number of nitrogens with one attached hydrogen (secondary N) is 2. The normalized spacial score (nSPS) is 16.3. The third-order valence-corrected chi connectivity index (χ3v) is 4.31. The van der Waals surface area contributed by atoms with Crippen LogP contribution in [-0.4, -0.2) is 82.7 Å². The van der Waals surface area contributed by atoms with Crippen LogP contribution in [0.25, 0.3) is 0 Å². The molecule has 1 aromatic rings. The van der Waals surface area contributed by atoms with Crippen molar-refractivity contribution in [2.75, 3.05) is 52.6 Å². The lowest BCUT2D eigenvalue weighted by Crippen LogP contribution is -2.54. The maximum atomic E-state index is 12.2. The van der Waals surface area contributed by atoms with Gasteiger partial charge in [-0.1, -0.05) is 0 Å². The first-order chi connectivity index (χ1) is 11.4. The molecule has 1 aliphatic heterocycles. The van der Waals surface area contributed by atoms with Crippen molar-refractivity contribution < 1.29 is 17.6 Å². The summed E-state index contributed by atoms with van der Waals surface area (Å²) < 4.78 is 29.6. The SMILES string of the molecule is CN=C(NCCNS(C)(=O)=O)N1CCN(C(=O)c2ccco2)CC1. The first-order valence-electron chi connectivity index (χ1n) is 7.64. The molecule has 1 aromatic heterocycles. The highest BCUT2D eigenvalue weighted by Crippen LogP contribution is 2.09. The maximum absolute atomic E-state index is 12.2. The number of aliphatic imine (C=N–C) groups is 1. The molecule has 0 atom stereocenters. The fourth-order valence-electron chi connectivity index (χ4n) is 2.42. The lowest BCUT2D eigenvalue weighted by Gasteiger charge is -2.36. The lowest BCUT2D eigenvalue weighted by atomic mass is 10.3. The highest BCUT2D eigenvalue weighted by Gasteiger charge is 2.24. The van der Waals surface area contributed by atoms with Crippen LogP contribution in [0.1, 0.15) is 10.6 Å². The van der Waals surface area contributed by atoms with E-state index >= 15 is 0 Å². The minimum Gasteiger partial charge on any atom is -0.459 e. The number of guanidine groups is 1. The molecule has 10 heteroatoms. The van der Waals surface area contributed by atoms with E-state index in [1.54, 1.807) is 24.1 Å². The van der Waals surface area contributed by atoms with Gasteiger partial charge < -0.3 is 19.5 Å². The predicted molar refractivity (Wildman–Crippen MR) is 90.4 cm³/mol. The smallest absolute Gasteiger partial charge is 0.289 e. The first kappa shape index (κ1) is 18.3. The van der Waals surface area contributed by atoms with E-state index in [4.69, 9.17) is 4.42 Å². The van der Waals surface area contributed by atoms with Crippen molar-refractivity contribution in [1.29, 1.82) is 0 Å². The number of hydrogen-bond acceptors (Lipinski definition) is 5. The van der Waals surface area contributed by atoms with E-state index in [-0.39, 0.29) is 12.5 Å². The Morgan fingerprint density at radius 1 is 1.25 bits per heavy atom. The van der Waals surface area contributed by atoms with E-state index in [0.29, 0.717) is 44.4 Å². The lowest BCUT2D eigenvalue weighted by molar-refractivity contribution is 0.0658. The van der Waals surface area contributed by atoms with E-state index in [1.807, 2.05) is 4.90 Å². The van der Waals surface area contributed by atoms with Gasteiger partial charge in [0.2, 0.25) is 10.0 Å². The van der Waals surface area contributed by atoms with Crippen LogP contribution in [0.4, 0.5) is 0 Å². The number of piperazine rings is 1. The zero-order valence-electron chi connectivity index (χ0n) is 13.9. The fourth-order valence-corrected chi connectivity index (χ4v) is 2.89. The second-order valence-electron chi connectivity index (χ2n) is 5.40. The number of furan rings is 1. The molecule has 1 saturated heterocycles. The summed E-state index contributed by atoms with van der Waals surface area (Å²) in [5.74, 6) is 0.924. The van der Waals surface area contributed by atoms with Gasteiger partial charge in [-0.25, -0.2) is 13.1 Å². The Morgan fingerprint density at radius 2 is 1.92 bits per heavy atom. The van der Waals surface area contributed by atoms with Crippen LogP contribution >= 0.6 is 0 Å². The number of amides is 1. The van der Waals surface area contributed by atoms with Crippen molar-refractivity contribution in [3.05, 3.63) is 24.2 Å². The average molecular weight is 357 g/mol. The molecule has 0 aliphatic carbocycles. The van der Waals surface area contributed by atoms with Gasteiger partial charge >= 0.3 is 0 Å². The Labute approximate surface area is 141 Å². The van der Waals surface area contributed by atoms with Gasteiger partial charge in [0.15, 0.2) is 11.7 Å². The number of hydrogen-bond donors (Lipinski definition) is 2. The summed E-state index contributed by atoms with van der Waals surface area (Å²) in [6.45, 7) is 3.15. The minimum absolute atomic E-state index is 0.111. The molecule has 0 saturated carbocycles. The summed E-state index contributed by atoms with van der Waals surface area (Å²) in [6, 6.07) is 3.35. The number of nitrogens with zero attached hydrogens (tertiary/aromatic N) is 3. The van der Waals surface area contributed by atoms with Crippen LogP contribution in [0.5, 0.6) is 0 Å². The van der Waals surface area contributed by atoms with E-state index < -0.39 is 10.0 Å². The highest BCUT2D eigenvalue weighted by molar-refractivity contribution is 7.88. The Balaban J connectivity index is 1.78. The molecular formula is C14H23N5O4S. The van der Waals surface area contributed by atoms with Gasteiger partial charge in [0.25, 0.3) is 5.91 Å². The van der Waals surface area contributed by atoms with E-state index in [0.717, 1.165) is 6.26 Å². The van der Waals surface area contributed by atoms with Crippen molar-refractivity contribution in [3.63, 3.8) is 0 Å². The third kappa shape index (κ3) is 5.24. The van der Waals surface area contributed by atoms with Gasteiger partial charge in [0.05, 0.1) is 12.5 Å². The zero-order chi connectivity index (χ0) is 17.6. The maximum Gasteiger partial charge on any atom is 0.289 e. The fraction of sp³-hybridized carbons (Fsp3) is 0.571. The van der Waals surface area contributed by atoms with Crippen LogP contribution in [0.3, 0.4) is 0 Å². The molecule has 2 heterocycles. The van der Waals surface area contributed by atoms with Gasteiger partial charge in [0, 0.05) is 46.3 Å². The van der Waals surface area contributed by atoms with Gasteiger partial charge in [-0.15, -0.1) is 0 Å². The van der Waals surface area contributed by atoms with Gasteiger partial charge in [0.1, 0.15) is 0 Å². The molecular weight excluding hydrogens is 334 g/mol. The van der Waals surface area contributed by atoms with Gasteiger partial charge in [-0.05, 0) is 12.1 Å². The molecule has 1 amide bonds. The summed E-state index contributed by atoms with van der Waals surface area (Å²) in [5.41, 5.74) is 0. The van der Waals surface area contributed by atoms with Crippen molar-refractivity contribution in [1.82, 2.24) is 19.8 Å². The van der Waals surface area contributed by atoms with E-state index in [9.17, 15) is 13.2 Å². The number of carbonyl (C=O) groups excluding carboxylic acids is 1. The van der Waals surface area contributed by atoms with Crippen molar-refractivity contribution in [2.24, 2.45) is 4.99 Å². The molecule has 0 aromatic carbocycles. The van der Waals surface area contributed by atoms with Crippen molar-refractivity contribution in [3.8, 4) is 0 Å². The molecule has 9 nitrogen and oxygen atoms in total. The number of sulfonamides is 1. The molecule has 0 unspecified atom stereocenters. The standard InChI is InChI=1S/C14H23N5O4S/c1-15-14(16-5-6-17-24(2,21)22)19-9-7-18(8-10-19)13(20)12-4-3-11-23-12/h3-4,11,17H,5-10H2,1-2H3,(H,15,16). The quantitative estimate of drug-likeness (QED) is 0.404. The summed E-state index contributed by atoms with van der Waals surface area (Å²) in [4.78, 5) is 20.2. The van der Waals surface area contributed by atoms with Crippen LogP contribution in [0.2, 0.25) is 0 Å². The Kier molecular flexibility index (Phi) is 6.21. The Morgan fingerprint density at radius 3 is 2.46 bits per heavy atom. The van der Waals surface area contributed by atoms with Crippen molar-refractivity contribution in [2.45, 2.75) is 0 Å². The van der Waals surface area contributed by atoms with Crippen molar-refractivity contribution >= 4 is 21.9 Å². The largest absolute Gasteiger partial charge is 0.459 e.